The number of nitrogens with zero attached hydrogens (tertiary/aromatic N) is 4. The zero-order valence-electron chi connectivity index (χ0n) is 12.0. The standard InChI is InChI=1S/C14H17N5O2/c1-9(2)11-12(16-5-4-15-11)18-13(20)10-8-17-19-6-3-7-21-14(10)19/h4-5,8-9H,3,6-7H2,1-2H3,(H,16,18,20). The first-order valence-corrected chi connectivity index (χ1v) is 6.97. The van der Waals surface area contributed by atoms with Gasteiger partial charge in [0.05, 0.1) is 18.5 Å². The minimum atomic E-state index is -0.277. The summed E-state index contributed by atoms with van der Waals surface area (Å²) in [5, 5.41) is 6.97. The molecular formula is C14H17N5O2. The first kappa shape index (κ1) is 13.5. The highest BCUT2D eigenvalue weighted by Gasteiger charge is 2.23. The Morgan fingerprint density at radius 3 is 3.00 bits per heavy atom. The molecule has 1 N–H and O–H groups in total. The Bertz CT molecular complexity index is 665. The van der Waals surface area contributed by atoms with Crippen molar-refractivity contribution >= 4 is 11.7 Å². The molecule has 0 radical (unpaired) electrons. The lowest BCUT2D eigenvalue weighted by atomic mass is 10.1. The third kappa shape index (κ3) is 2.58. The largest absolute Gasteiger partial charge is 0.477 e. The Kier molecular flexibility index (Phi) is 3.55. The second kappa shape index (κ2) is 5.51. The zero-order chi connectivity index (χ0) is 14.8. The smallest absolute Gasteiger partial charge is 0.263 e. The van der Waals surface area contributed by atoms with Crippen LogP contribution in [0.1, 0.15) is 42.2 Å². The highest BCUT2D eigenvalue weighted by Crippen LogP contribution is 2.24. The Morgan fingerprint density at radius 2 is 2.19 bits per heavy atom. The van der Waals surface area contributed by atoms with Gasteiger partial charge in [0.2, 0.25) is 5.88 Å². The Hall–Kier alpha value is -2.44. The molecule has 2 aromatic heterocycles. The van der Waals surface area contributed by atoms with Gasteiger partial charge in [-0.05, 0) is 5.92 Å². The molecule has 0 aromatic carbocycles. The van der Waals surface area contributed by atoms with Crippen molar-refractivity contribution in [3.05, 3.63) is 29.8 Å². The summed E-state index contributed by atoms with van der Waals surface area (Å²) >= 11 is 0. The van der Waals surface area contributed by atoms with Crippen molar-refractivity contribution < 1.29 is 9.53 Å². The molecule has 0 fully saturated rings. The summed E-state index contributed by atoms with van der Waals surface area (Å²) in [7, 11) is 0. The van der Waals surface area contributed by atoms with E-state index in [0.29, 0.717) is 23.9 Å². The number of hydrogen-bond donors (Lipinski definition) is 1. The molecule has 0 atom stereocenters. The van der Waals surface area contributed by atoms with E-state index >= 15 is 0 Å². The maximum absolute atomic E-state index is 12.4. The number of rotatable bonds is 3. The molecule has 0 saturated heterocycles. The van der Waals surface area contributed by atoms with E-state index in [2.05, 4.69) is 20.4 Å². The Balaban J connectivity index is 1.86. The second-order valence-corrected chi connectivity index (χ2v) is 5.19. The van der Waals surface area contributed by atoms with E-state index in [1.54, 1.807) is 17.1 Å². The number of nitrogens with one attached hydrogen (secondary N) is 1. The molecule has 0 bridgehead atoms. The summed E-state index contributed by atoms with van der Waals surface area (Å²) in [6.45, 7) is 5.38. The van der Waals surface area contributed by atoms with E-state index in [4.69, 9.17) is 4.74 Å². The molecule has 2 aromatic rings. The van der Waals surface area contributed by atoms with Crippen LogP contribution in [0.15, 0.2) is 18.6 Å². The van der Waals surface area contributed by atoms with E-state index in [1.807, 2.05) is 13.8 Å². The van der Waals surface area contributed by atoms with Gasteiger partial charge in [0.25, 0.3) is 5.91 Å². The molecule has 7 heteroatoms. The van der Waals surface area contributed by atoms with E-state index in [1.165, 1.54) is 6.20 Å². The number of fused-ring (bicyclic) bond motifs is 1. The van der Waals surface area contributed by atoms with Crippen molar-refractivity contribution in [1.82, 2.24) is 19.7 Å². The molecule has 1 amide bonds. The van der Waals surface area contributed by atoms with E-state index in [-0.39, 0.29) is 11.8 Å². The van der Waals surface area contributed by atoms with Crippen LogP contribution in [0.3, 0.4) is 0 Å². The van der Waals surface area contributed by atoms with Crippen LogP contribution in [-0.4, -0.2) is 32.3 Å². The average Bonchev–Trinajstić information content (AvgIpc) is 2.91. The number of ether oxygens (including phenoxy) is 1. The van der Waals surface area contributed by atoms with Gasteiger partial charge < -0.3 is 10.1 Å². The molecule has 110 valence electrons. The first-order valence-electron chi connectivity index (χ1n) is 6.97. The second-order valence-electron chi connectivity index (χ2n) is 5.19. The lowest BCUT2D eigenvalue weighted by Crippen LogP contribution is -2.19. The van der Waals surface area contributed by atoms with Gasteiger partial charge >= 0.3 is 0 Å². The fourth-order valence-electron chi connectivity index (χ4n) is 2.27. The maximum atomic E-state index is 12.4. The third-order valence-corrected chi connectivity index (χ3v) is 3.29. The van der Waals surface area contributed by atoms with Gasteiger partial charge in [0.1, 0.15) is 5.56 Å². The van der Waals surface area contributed by atoms with Gasteiger partial charge in [-0.15, -0.1) is 0 Å². The Morgan fingerprint density at radius 1 is 1.38 bits per heavy atom. The Labute approximate surface area is 122 Å². The zero-order valence-corrected chi connectivity index (χ0v) is 12.0. The molecule has 7 nitrogen and oxygen atoms in total. The molecular weight excluding hydrogens is 270 g/mol. The van der Waals surface area contributed by atoms with Crippen LogP contribution < -0.4 is 10.1 Å². The highest BCUT2D eigenvalue weighted by atomic mass is 16.5. The number of carbonyl (C=O) groups excluding carboxylic acids is 1. The SMILES string of the molecule is CC(C)c1nccnc1NC(=O)c1cnn2c1OCCC2. The number of amides is 1. The fraction of sp³-hybridized carbons (Fsp3) is 0.429. The minimum Gasteiger partial charge on any atom is -0.477 e. The average molecular weight is 287 g/mol. The van der Waals surface area contributed by atoms with Crippen LogP contribution in [0, 0.1) is 0 Å². The molecule has 0 aliphatic carbocycles. The number of carbonyl (C=O) groups is 1. The fourth-order valence-corrected chi connectivity index (χ4v) is 2.27. The molecule has 0 unspecified atom stereocenters. The van der Waals surface area contributed by atoms with Crippen LogP contribution in [0.2, 0.25) is 0 Å². The molecule has 21 heavy (non-hydrogen) atoms. The topological polar surface area (TPSA) is 81.9 Å². The summed E-state index contributed by atoms with van der Waals surface area (Å²) in [6.07, 6.45) is 5.61. The third-order valence-electron chi connectivity index (χ3n) is 3.29. The molecule has 0 spiro atoms. The van der Waals surface area contributed by atoms with Crippen molar-refractivity contribution in [2.45, 2.75) is 32.7 Å². The maximum Gasteiger partial charge on any atom is 0.263 e. The molecule has 1 aliphatic heterocycles. The van der Waals surface area contributed by atoms with Gasteiger partial charge in [0, 0.05) is 25.4 Å². The summed E-state index contributed by atoms with van der Waals surface area (Å²) in [5.74, 6) is 0.897. The van der Waals surface area contributed by atoms with E-state index < -0.39 is 0 Å². The molecule has 3 heterocycles. The van der Waals surface area contributed by atoms with E-state index in [0.717, 1.165) is 18.7 Å². The predicted octanol–water partition coefficient (Wildman–Crippen LogP) is 1.83. The number of hydrogen-bond acceptors (Lipinski definition) is 5. The van der Waals surface area contributed by atoms with Gasteiger partial charge in [-0.3, -0.25) is 9.78 Å². The van der Waals surface area contributed by atoms with Crippen LogP contribution in [-0.2, 0) is 6.54 Å². The quantitative estimate of drug-likeness (QED) is 0.931. The summed E-state index contributed by atoms with van der Waals surface area (Å²) in [5.41, 5.74) is 1.18. The molecule has 3 rings (SSSR count). The number of aromatic nitrogens is 4. The van der Waals surface area contributed by atoms with Gasteiger partial charge in [-0.25, -0.2) is 9.67 Å². The number of aryl methyl sites for hydroxylation is 1. The van der Waals surface area contributed by atoms with Crippen molar-refractivity contribution in [2.24, 2.45) is 0 Å². The summed E-state index contributed by atoms with van der Waals surface area (Å²) in [6, 6.07) is 0. The summed E-state index contributed by atoms with van der Waals surface area (Å²) in [4.78, 5) is 20.9. The van der Waals surface area contributed by atoms with Crippen LogP contribution in [0.5, 0.6) is 5.88 Å². The lowest BCUT2D eigenvalue weighted by molar-refractivity contribution is 0.102. The first-order chi connectivity index (χ1) is 10.2. The molecule has 1 aliphatic rings. The van der Waals surface area contributed by atoms with Gasteiger partial charge in [0.15, 0.2) is 5.82 Å². The van der Waals surface area contributed by atoms with Crippen LogP contribution in [0.25, 0.3) is 0 Å². The van der Waals surface area contributed by atoms with Crippen molar-refractivity contribution in [3.8, 4) is 5.88 Å². The van der Waals surface area contributed by atoms with Crippen LogP contribution >= 0.6 is 0 Å². The summed E-state index contributed by atoms with van der Waals surface area (Å²) < 4.78 is 7.24. The van der Waals surface area contributed by atoms with Gasteiger partial charge in [-0.2, -0.15) is 5.10 Å². The predicted molar refractivity (Wildman–Crippen MR) is 76.4 cm³/mol. The monoisotopic (exact) mass is 287 g/mol. The molecule has 0 saturated carbocycles. The van der Waals surface area contributed by atoms with Crippen molar-refractivity contribution in [3.63, 3.8) is 0 Å². The van der Waals surface area contributed by atoms with Crippen LogP contribution in [0.4, 0.5) is 5.82 Å². The van der Waals surface area contributed by atoms with E-state index in [9.17, 15) is 4.79 Å². The van der Waals surface area contributed by atoms with Crippen molar-refractivity contribution in [2.75, 3.05) is 11.9 Å². The number of anilines is 1. The highest BCUT2D eigenvalue weighted by molar-refractivity contribution is 6.05. The normalized spacial score (nSPS) is 13.7. The minimum absolute atomic E-state index is 0.173. The van der Waals surface area contributed by atoms with Gasteiger partial charge in [-0.1, -0.05) is 13.8 Å². The van der Waals surface area contributed by atoms with Crippen molar-refractivity contribution in [1.29, 1.82) is 0 Å². The lowest BCUT2D eigenvalue weighted by Gasteiger charge is -2.16.